The van der Waals surface area contributed by atoms with E-state index in [1.165, 1.54) is 0 Å². The first-order valence-corrected chi connectivity index (χ1v) is 10.4. The minimum absolute atomic E-state index is 0.0181. The molecule has 0 aliphatic heterocycles. The van der Waals surface area contributed by atoms with Gasteiger partial charge in [-0.25, -0.2) is 0 Å². The van der Waals surface area contributed by atoms with E-state index in [0.717, 1.165) is 19.3 Å². The molecule has 0 bridgehead atoms. The van der Waals surface area contributed by atoms with E-state index in [-0.39, 0.29) is 31.1 Å². The summed E-state index contributed by atoms with van der Waals surface area (Å²) in [6.45, 7) is 0.0514. The van der Waals surface area contributed by atoms with Crippen LogP contribution in [0, 0.1) is 11.8 Å². The summed E-state index contributed by atoms with van der Waals surface area (Å²) in [5.41, 5.74) is 0. The second-order valence-electron chi connectivity index (χ2n) is 7.49. The summed E-state index contributed by atoms with van der Waals surface area (Å²) in [6.07, 6.45) is 5.88. The molecule has 160 valence electrons. The standard InChI is InChI=1S/C22H29ClO6/c23-15-7-10-17(11-8-15)29-14-16(24)9-12-19-18(20(25)13-21(19)26)5-3-1-2-4-6-22(27)28/h7-12,16,18-20,24-25H,1-6,13-14H2,(H,27,28)/b12-9+/t16-,18+,19+,20-/m0/s1. The zero-order valence-corrected chi connectivity index (χ0v) is 17.1. The molecule has 0 radical (unpaired) electrons. The SMILES string of the molecule is O=C(O)CCCCCC[C@H]1[C@@H](O)CC(=O)[C@@H]1/C=C/[C@H](O)COc1ccc(Cl)cc1. The molecule has 6 nitrogen and oxygen atoms in total. The number of Topliss-reactive ketones (excluding diaryl/α,β-unsaturated/α-hetero) is 1. The number of aliphatic hydroxyl groups excluding tert-OH is 2. The average Bonchev–Trinajstić information content (AvgIpc) is 2.94. The van der Waals surface area contributed by atoms with Crippen LogP contribution in [0.15, 0.2) is 36.4 Å². The molecule has 7 heteroatoms. The molecule has 1 fully saturated rings. The van der Waals surface area contributed by atoms with Crippen molar-refractivity contribution in [2.24, 2.45) is 11.8 Å². The van der Waals surface area contributed by atoms with E-state index in [1.807, 2.05) is 0 Å². The number of ether oxygens (including phenoxy) is 1. The normalized spacial score (nSPS) is 22.9. The van der Waals surface area contributed by atoms with Crippen LogP contribution in [0.4, 0.5) is 0 Å². The number of rotatable bonds is 12. The molecule has 0 amide bonds. The summed E-state index contributed by atoms with van der Waals surface area (Å²) in [5, 5.41) is 29.6. The van der Waals surface area contributed by atoms with Gasteiger partial charge in [0.1, 0.15) is 24.2 Å². The number of aliphatic carboxylic acids is 1. The Morgan fingerprint density at radius 3 is 2.59 bits per heavy atom. The van der Waals surface area contributed by atoms with Gasteiger partial charge in [0.2, 0.25) is 0 Å². The van der Waals surface area contributed by atoms with E-state index < -0.39 is 24.1 Å². The highest BCUT2D eigenvalue weighted by atomic mass is 35.5. The van der Waals surface area contributed by atoms with Crippen molar-refractivity contribution in [2.75, 3.05) is 6.61 Å². The zero-order valence-electron chi connectivity index (χ0n) is 16.4. The Bertz CT molecular complexity index is 687. The molecular weight excluding hydrogens is 396 g/mol. The number of carbonyl (C=O) groups is 2. The summed E-state index contributed by atoms with van der Waals surface area (Å²) < 4.78 is 5.50. The van der Waals surface area contributed by atoms with Crippen molar-refractivity contribution in [1.29, 1.82) is 0 Å². The molecule has 0 aromatic heterocycles. The van der Waals surface area contributed by atoms with Crippen LogP contribution >= 0.6 is 11.6 Å². The number of halogens is 1. The van der Waals surface area contributed by atoms with E-state index >= 15 is 0 Å². The van der Waals surface area contributed by atoms with E-state index in [0.29, 0.717) is 23.6 Å². The summed E-state index contributed by atoms with van der Waals surface area (Å²) in [7, 11) is 0. The van der Waals surface area contributed by atoms with Crippen LogP contribution in [-0.2, 0) is 9.59 Å². The molecule has 0 spiro atoms. The van der Waals surface area contributed by atoms with Gasteiger partial charge in [-0.1, -0.05) is 43.0 Å². The Hall–Kier alpha value is -1.89. The Morgan fingerprint density at radius 2 is 1.90 bits per heavy atom. The largest absolute Gasteiger partial charge is 0.491 e. The van der Waals surface area contributed by atoms with Gasteiger partial charge < -0.3 is 20.1 Å². The first-order valence-electron chi connectivity index (χ1n) is 10.0. The first kappa shape index (κ1) is 23.4. The minimum Gasteiger partial charge on any atom is -0.491 e. The van der Waals surface area contributed by atoms with Crippen molar-refractivity contribution < 1.29 is 29.6 Å². The number of benzene rings is 1. The van der Waals surface area contributed by atoms with E-state index in [2.05, 4.69) is 0 Å². The number of carbonyl (C=O) groups excluding carboxylic acids is 1. The zero-order chi connectivity index (χ0) is 21.2. The molecule has 1 aromatic rings. The number of hydrogen-bond acceptors (Lipinski definition) is 5. The van der Waals surface area contributed by atoms with Gasteiger partial charge in [0.15, 0.2) is 0 Å². The average molecular weight is 425 g/mol. The number of hydrogen-bond donors (Lipinski definition) is 3. The van der Waals surface area contributed by atoms with Gasteiger partial charge >= 0.3 is 5.97 Å². The smallest absolute Gasteiger partial charge is 0.303 e. The van der Waals surface area contributed by atoms with Crippen LogP contribution < -0.4 is 4.74 Å². The summed E-state index contributed by atoms with van der Waals surface area (Å²) in [5.74, 6) is -0.784. The van der Waals surface area contributed by atoms with E-state index in [9.17, 15) is 19.8 Å². The number of aliphatic hydroxyl groups is 2. The maximum atomic E-state index is 12.2. The second kappa shape index (κ2) is 12.0. The molecule has 0 saturated heterocycles. The van der Waals surface area contributed by atoms with Gasteiger partial charge in [-0.05, 0) is 43.0 Å². The van der Waals surface area contributed by atoms with Crippen molar-refractivity contribution in [3.8, 4) is 5.75 Å². The van der Waals surface area contributed by atoms with Crippen LogP contribution in [0.1, 0.15) is 44.9 Å². The Labute approximate surface area is 176 Å². The lowest BCUT2D eigenvalue weighted by Gasteiger charge is -2.19. The molecule has 4 atom stereocenters. The fourth-order valence-electron chi connectivity index (χ4n) is 3.62. The molecule has 0 unspecified atom stereocenters. The van der Waals surface area contributed by atoms with Crippen LogP contribution in [-0.4, -0.2) is 45.9 Å². The van der Waals surface area contributed by atoms with Crippen LogP contribution in [0.3, 0.4) is 0 Å². The van der Waals surface area contributed by atoms with Crippen LogP contribution in [0.2, 0.25) is 5.02 Å². The molecular formula is C22H29ClO6. The number of ketones is 1. The molecule has 3 N–H and O–H groups in total. The highest BCUT2D eigenvalue weighted by Gasteiger charge is 2.39. The van der Waals surface area contributed by atoms with Gasteiger partial charge in [-0.15, -0.1) is 0 Å². The fourth-order valence-corrected chi connectivity index (χ4v) is 3.75. The lowest BCUT2D eigenvalue weighted by atomic mass is 9.88. The maximum Gasteiger partial charge on any atom is 0.303 e. The van der Waals surface area contributed by atoms with Crippen molar-refractivity contribution >= 4 is 23.4 Å². The van der Waals surface area contributed by atoms with Crippen molar-refractivity contribution in [3.63, 3.8) is 0 Å². The van der Waals surface area contributed by atoms with Crippen molar-refractivity contribution in [1.82, 2.24) is 0 Å². The lowest BCUT2D eigenvalue weighted by Crippen LogP contribution is -2.20. The molecule has 1 aromatic carbocycles. The van der Waals surface area contributed by atoms with E-state index in [1.54, 1.807) is 36.4 Å². The predicted molar refractivity (Wildman–Crippen MR) is 110 cm³/mol. The van der Waals surface area contributed by atoms with Gasteiger partial charge in [0.05, 0.1) is 6.10 Å². The number of allylic oxidation sites excluding steroid dienone is 1. The number of unbranched alkanes of at least 4 members (excludes halogenated alkanes) is 3. The molecule has 2 rings (SSSR count). The van der Waals surface area contributed by atoms with E-state index in [4.69, 9.17) is 21.4 Å². The topological polar surface area (TPSA) is 104 Å². The molecule has 1 aliphatic rings. The maximum absolute atomic E-state index is 12.2. The third-order valence-corrected chi connectivity index (χ3v) is 5.44. The monoisotopic (exact) mass is 424 g/mol. The Kier molecular flexibility index (Phi) is 9.64. The fraction of sp³-hybridized carbons (Fsp3) is 0.545. The van der Waals surface area contributed by atoms with Crippen molar-refractivity contribution in [3.05, 3.63) is 41.4 Å². The number of carboxylic acid groups (broad SMARTS) is 1. The molecule has 0 heterocycles. The Balaban J connectivity index is 1.78. The quantitative estimate of drug-likeness (QED) is 0.349. The lowest BCUT2D eigenvalue weighted by molar-refractivity contribution is -0.137. The number of carboxylic acids is 1. The van der Waals surface area contributed by atoms with Gasteiger partial charge in [-0.3, -0.25) is 9.59 Å². The molecule has 1 aliphatic carbocycles. The third kappa shape index (κ3) is 8.17. The summed E-state index contributed by atoms with van der Waals surface area (Å²) in [4.78, 5) is 22.7. The molecule has 1 saturated carbocycles. The summed E-state index contributed by atoms with van der Waals surface area (Å²) in [6, 6.07) is 6.82. The summed E-state index contributed by atoms with van der Waals surface area (Å²) >= 11 is 5.82. The third-order valence-electron chi connectivity index (χ3n) is 5.19. The first-order chi connectivity index (χ1) is 13.9. The van der Waals surface area contributed by atoms with Crippen molar-refractivity contribution in [2.45, 2.75) is 57.2 Å². The molecule has 29 heavy (non-hydrogen) atoms. The van der Waals surface area contributed by atoms with Crippen LogP contribution in [0.5, 0.6) is 5.75 Å². The van der Waals surface area contributed by atoms with Crippen LogP contribution in [0.25, 0.3) is 0 Å². The van der Waals surface area contributed by atoms with Gasteiger partial charge in [0.25, 0.3) is 0 Å². The highest BCUT2D eigenvalue weighted by molar-refractivity contribution is 6.30. The predicted octanol–water partition coefficient (Wildman–Crippen LogP) is 3.63. The highest BCUT2D eigenvalue weighted by Crippen LogP contribution is 2.34. The van der Waals surface area contributed by atoms with Gasteiger partial charge in [0, 0.05) is 23.8 Å². The second-order valence-corrected chi connectivity index (χ2v) is 7.93. The van der Waals surface area contributed by atoms with Gasteiger partial charge in [-0.2, -0.15) is 0 Å². The Morgan fingerprint density at radius 1 is 1.21 bits per heavy atom. The minimum atomic E-state index is -0.868.